The molecule has 1 fully saturated rings. The van der Waals surface area contributed by atoms with E-state index in [4.69, 9.17) is 4.74 Å². The molecule has 1 aliphatic carbocycles. The van der Waals surface area contributed by atoms with Crippen molar-refractivity contribution in [1.29, 1.82) is 0 Å². The molecule has 1 saturated carbocycles. The smallest absolute Gasteiger partial charge is 0.350 e. The van der Waals surface area contributed by atoms with Gasteiger partial charge in [-0.15, -0.1) is 11.3 Å². The molecule has 1 aliphatic rings. The van der Waals surface area contributed by atoms with Gasteiger partial charge in [0, 0.05) is 12.2 Å². The van der Waals surface area contributed by atoms with Gasteiger partial charge in [0.05, 0.1) is 11.4 Å². The van der Waals surface area contributed by atoms with Crippen molar-refractivity contribution in [2.45, 2.75) is 46.1 Å². The number of carbonyl (C=O) groups excluding carboxylic acids is 2. The lowest BCUT2D eigenvalue weighted by molar-refractivity contribution is -0.125. The van der Waals surface area contributed by atoms with Crippen LogP contribution in [-0.4, -0.2) is 34.5 Å². The molecule has 3 atom stereocenters. The van der Waals surface area contributed by atoms with Gasteiger partial charge < -0.3 is 10.1 Å². The van der Waals surface area contributed by atoms with Crippen molar-refractivity contribution in [3.05, 3.63) is 35.0 Å². The summed E-state index contributed by atoms with van der Waals surface area (Å²) in [6.45, 7) is 5.87. The molecule has 2 aromatic heterocycles. The summed E-state index contributed by atoms with van der Waals surface area (Å²) in [6, 6.07) is 5.69. The SMILES string of the molecule is Cc1nc(-c2ccccn2)sc1C(=O)OCC(=O)N[C@H]1CCC[C@H](C)[C@@H]1C. The number of thiazole rings is 1. The van der Waals surface area contributed by atoms with Crippen molar-refractivity contribution in [2.75, 3.05) is 6.61 Å². The second kappa shape index (κ2) is 8.61. The van der Waals surface area contributed by atoms with Gasteiger partial charge in [-0.05, 0) is 37.3 Å². The summed E-state index contributed by atoms with van der Waals surface area (Å²) in [4.78, 5) is 33.6. The molecule has 144 valence electrons. The summed E-state index contributed by atoms with van der Waals surface area (Å²) in [5.74, 6) is 0.258. The predicted octanol–water partition coefficient (Wildman–Crippen LogP) is 3.61. The third-order valence-electron chi connectivity index (χ3n) is 5.25. The van der Waals surface area contributed by atoms with Gasteiger partial charge >= 0.3 is 5.97 Å². The lowest BCUT2D eigenvalue weighted by Crippen LogP contribution is -2.45. The van der Waals surface area contributed by atoms with E-state index in [2.05, 4.69) is 29.1 Å². The molecule has 2 heterocycles. The maximum absolute atomic E-state index is 12.4. The number of aryl methyl sites for hydroxylation is 1. The first kappa shape index (κ1) is 19.5. The molecule has 3 rings (SSSR count). The van der Waals surface area contributed by atoms with Crippen LogP contribution in [0.5, 0.6) is 0 Å². The maximum Gasteiger partial charge on any atom is 0.350 e. The molecule has 2 aromatic rings. The first-order valence-electron chi connectivity index (χ1n) is 9.31. The van der Waals surface area contributed by atoms with Crippen LogP contribution >= 0.6 is 11.3 Å². The third kappa shape index (κ3) is 4.71. The van der Waals surface area contributed by atoms with Gasteiger partial charge in [0.25, 0.3) is 5.91 Å². The fraction of sp³-hybridized carbons (Fsp3) is 0.500. The molecular weight excluding hydrogens is 362 g/mol. The van der Waals surface area contributed by atoms with Gasteiger partial charge in [0.2, 0.25) is 0 Å². The number of ether oxygens (including phenoxy) is 1. The van der Waals surface area contributed by atoms with E-state index in [1.807, 2.05) is 18.2 Å². The predicted molar refractivity (Wildman–Crippen MR) is 104 cm³/mol. The zero-order chi connectivity index (χ0) is 19.4. The number of hydrogen-bond acceptors (Lipinski definition) is 6. The van der Waals surface area contributed by atoms with E-state index in [1.165, 1.54) is 17.8 Å². The number of aromatic nitrogens is 2. The average Bonchev–Trinajstić information content (AvgIpc) is 3.06. The fourth-order valence-corrected chi connectivity index (χ4v) is 4.35. The van der Waals surface area contributed by atoms with Crippen molar-refractivity contribution in [1.82, 2.24) is 15.3 Å². The number of amides is 1. The Morgan fingerprint density at radius 2 is 2.11 bits per heavy atom. The molecular formula is C20H25N3O3S. The normalized spacial score (nSPS) is 22.3. The van der Waals surface area contributed by atoms with Crippen molar-refractivity contribution in [3.8, 4) is 10.7 Å². The summed E-state index contributed by atoms with van der Waals surface area (Å²) >= 11 is 1.23. The minimum Gasteiger partial charge on any atom is -0.451 e. The van der Waals surface area contributed by atoms with E-state index in [0.717, 1.165) is 12.8 Å². The topological polar surface area (TPSA) is 81.2 Å². The minimum atomic E-state index is -0.521. The molecule has 0 bridgehead atoms. The number of nitrogens with one attached hydrogen (secondary N) is 1. The van der Waals surface area contributed by atoms with Gasteiger partial charge in [-0.1, -0.05) is 32.8 Å². The van der Waals surface area contributed by atoms with Crippen LogP contribution in [0.1, 0.15) is 48.5 Å². The lowest BCUT2D eigenvalue weighted by Gasteiger charge is -2.34. The van der Waals surface area contributed by atoms with Crippen LogP contribution in [0.2, 0.25) is 0 Å². The Hall–Kier alpha value is -2.28. The number of hydrogen-bond donors (Lipinski definition) is 1. The van der Waals surface area contributed by atoms with Crippen molar-refractivity contribution in [2.24, 2.45) is 11.8 Å². The quantitative estimate of drug-likeness (QED) is 0.793. The molecule has 27 heavy (non-hydrogen) atoms. The standard InChI is InChI=1S/C20H25N3O3S/c1-12-7-6-9-15(13(12)2)23-17(24)11-26-20(25)18-14(3)22-19(27-18)16-8-4-5-10-21-16/h4-5,8,10,12-13,15H,6-7,9,11H2,1-3H3,(H,23,24)/t12-,13-,15-/m0/s1. The van der Waals surface area contributed by atoms with Gasteiger partial charge in [-0.2, -0.15) is 0 Å². The Morgan fingerprint density at radius 1 is 1.30 bits per heavy atom. The Bertz CT molecular complexity index is 806. The molecule has 0 spiro atoms. The highest BCUT2D eigenvalue weighted by atomic mass is 32.1. The molecule has 0 radical (unpaired) electrons. The van der Waals surface area contributed by atoms with Gasteiger partial charge in [-0.25, -0.2) is 9.78 Å². The monoisotopic (exact) mass is 387 g/mol. The molecule has 0 aliphatic heterocycles. The third-order valence-corrected chi connectivity index (χ3v) is 6.41. The lowest BCUT2D eigenvalue weighted by atomic mass is 9.78. The summed E-state index contributed by atoms with van der Waals surface area (Å²) in [6.07, 6.45) is 4.98. The first-order chi connectivity index (χ1) is 13.0. The molecule has 6 nitrogen and oxygen atoms in total. The van der Waals surface area contributed by atoms with Crippen LogP contribution in [0.25, 0.3) is 10.7 Å². The van der Waals surface area contributed by atoms with Crippen LogP contribution in [-0.2, 0) is 9.53 Å². The van der Waals surface area contributed by atoms with Crippen LogP contribution in [0.15, 0.2) is 24.4 Å². The van der Waals surface area contributed by atoms with Crippen LogP contribution in [0.4, 0.5) is 0 Å². The number of pyridine rings is 1. The molecule has 0 unspecified atom stereocenters. The Labute approximate surface area is 163 Å². The van der Waals surface area contributed by atoms with E-state index < -0.39 is 5.97 Å². The van der Waals surface area contributed by atoms with E-state index in [9.17, 15) is 9.59 Å². The van der Waals surface area contributed by atoms with E-state index in [-0.39, 0.29) is 18.6 Å². The van der Waals surface area contributed by atoms with Gasteiger partial charge in [0.1, 0.15) is 9.88 Å². The molecule has 0 saturated heterocycles. The summed E-state index contributed by atoms with van der Waals surface area (Å²) in [5.41, 5.74) is 1.29. The largest absolute Gasteiger partial charge is 0.451 e. The Kier molecular flexibility index (Phi) is 6.21. The van der Waals surface area contributed by atoms with Crippen molar-refractivity contribution < 1.29 is 14.3 Å². The summed E-state index contributed by atoms with van der Waals surface area (Å²) in [5, 5.41) is 3.67. The van der Waals surface area contributed by atoms with Crippen molar-refractivity contribution >= 4 is 23.2 Å². The second-order valence-corrected chi connectivity index (χ2v) is 8.17. The Morgan fingerprint density at radius 3 is 2.85 bits per heavy atom. The van der Waals surface area contributed by atoms with E-state index in [0.29, 0.717) is 33.1 Å². The van der Waals surface area contributed by atoms with Crippen LogP contribution in [0.3, 0.4) is 0 Å². The molecule has 0 aromatic carbocycles. The molecule has 1 N–H and O–H groups in total. The minimum absolute atomic E-state index is 0.154. The number of esters is 1. The Balaban J connectivity index is 1.56. The molecule has 1 amide bonds. The first-order valence-corrected chi connectivity index (χ1v) is 10.1. The summed E-state index contributed by atoms with van der Waals surface area (Å²) in [7, 11) is 0. The number of carbonyl (C=O) groups is 2. The van der Waals surface area contributed by atoms with Crippen LogP contribution < -0.4 is 5.32 Å². The van der Waals surface area contributed by atoms with Crippen molar-refractivity contribution in [3.63, 3.8) is 0 Å². The fourth-order valence-electron chi connectivity index (χ4n) is 3.42. The average molecular weight is 388 g/mol. The zero-order valence-electron chi connectivity index (χ0n) is 15.9. The highest BCUT2D eigenvalue weighted by Crippen LogP contribution is 2.29. The van der Waals surface area contributed by atoms with E-state index in [1.54, 1.807) is 13.1 Å². The highest BCUT2D eigenvalue weighted by Gasteiger charge is 2.28. The maximum atomic E-state index is 12.4. The summed E-state index contributed by atoms with van der Waals surface area (Å²) < 4.78 is 5.22. The highest BCUT2D eigenvalue weighted by molar-refractivity contribution is 7.17. The number of nitrogens with zero attached hydrogens (tertiary/aromatic N) is 2. The van der Waals surface area contributed by atoms with Gasteiger partial charge in [0.15, 0.2) is 6.61 Å². The number of rotatable bonds is 5. The van der Waals surface area contributed by atoms with E-state index >= 15 is 0 Å². The van der Waals surface area contributed by atoms with Crippen LogP contribution in [0, 0.1) is 18.8 Å². The second-order valence-electron chi connectivity index (χ2n) is 7.17. The molecule has 7 heteroatoms. The van der Waals surface area contributed by atoms with Gasteiger partial charge in [-0.3, -0.25) is 9.78 Å². The zero-order valence-corrected chi connectivity index (χ0v) is 16.7.